The minimum Gasteiger partial charge on any atom is -0.368 e. The van der Waals surface area contributed by atoms with Gasteiger partial charge in [0.2, 0.25) is 0 Å². The van der Waals surface area contributed by atoms with Gasteiger partial charge in [-0.05, 0) is 30.4 Å². The van der Waals surface area contributed by atoms with Crippen LogP contribution in [0.3, 0.4) is 0 Å². The SMILES string of the molecule is Cn1cnnc1C1CN(C2CCCc3ccccc32)CCO1. The van der Waals surface area contributed by atoms with Crippen LogP contribution in [0.4, 0.5) is 0 Å². The maximum Gasteiger partial charge on any atom is 0.163 e. The molecule has 0 amide bonds. The van der Waals surface area contributed by atoms with Crippen LogP contribution in [0.25, 0.3) is 0 Å². The lowest BCUT2D eigenvalue weighted by Gasteiger charge is -2.40. The van der Waals surface area contributed by atoms with E-state index in [4.69, 9.17) is 4.74 Å². The first-order valence-corrected chi connectivity index (χ1v) is 8.10. The van der Waals surface area contributed by atoms with Crippen molar-refractivity contribution in [1.82, 2.24) is 19.7 Å². The number of aromatic nitrogens is 3. The summed E-state index contributed by atoms with van der Waals surface area (Å²) in [6.45, 7) is 2.65. The number of rotatable bonds is 2. The molecule has 2 unspecified atom stereocenters. The number of aryl methyl sites for hydroxylation is 2. The molecule has 0 N–H and O–H groups in total. The Hall–Kier alpha value is -1.72. The molecular weight excluding hydrogens is 276 g/mol. The standard InChI is InChI=1S/C17H22N4O/c1-20-12-18-19-17(20)16-11-21(9-10-22-16)15-8-4-6-13-5-2-3-7-14(13)15/h2-3,5,7,12,15-16H,4,6,8-11H2,1H3. The predicted molar refractivity (Wildman–Crippen MR) is 83.4 cm³/mol. The van der Waals surface area contributed by atoms with Gasteiger partial charge in [0.25, 0.3) is 0 Å². The van der Waals surface area contributed by atoms with Crippen molar-refractivity contribution in [2.45, 2.75) is 31.4 Å². The van der Waals surface area contributed by atoms with Crippen LogP contribution in [0.5, 0.6) is 0 Å². The quantitative estimate of drug-likeness (QED) is 0.853. The topological polar surface area (TPSA) is 43.2 Å². The van der Waals surface area contributed by atoms with E-state index in [0.717, 1.165) is 25.5 Å². The summed E-state index contributed by atoms with van der Waals surface area (Å²) in [4.78, 5) is 2.57. The number of benzene rings is 1. The molecule has 0 saturated carbocycles. The third-order valence-electron chi connectivity index (χ3n) is 4.91. The second kappa shape index (κ2) is 5.82. The van der Waals surface area contributed by atoms with Gasteiger partial charge in [0, 0.05) is 26.2 Å². The Balaban J connectivity index is 1.57. The third kappa shape index (κ3) is 2.44. The van der Waals surface area contributed by atoms with E-state index >= 15 is 0 Å². The summed E-state index contributed by atoms with van der Waals surface area (Å²) in [6.07, 6.45) is 5.49. The molecule has 22 heavy (non-hydrogen) atoms. The molecular formula is C17H22N4O. The largest absolute Gasteiger partial charge is 0.368 e. The smallest absolute Gasteiger partial charge is 0.163 e. The van der Waals surface area contributed by atoms with Crippen LogP contribution in [0.15, 0.2) is 30.6 Å². The molecule has 4 rings (SSSR count). The number of hydrogen-bond donors (Lipinski definition) is 0. The molecule has 5 heteroatoms. The molecule has 5 nitrogen and oxygen atoms in total. The highest BCUT2D eigenvalue weighted by Crippen LogP contribution is 2.36. The van der Waals surface area contributed by atoms with E-state index < -0.39 is 0 Å². The average molecular weight is 298 g/mol. The molecule has 0 radical (unpaired) electrons. The fourth-order valence-electron chi connectivity index (χ4n) is 3.80. The summed E-state index contributed by atoms with van der Waals surface area (Å²) in [5, 5.41) is 8.21. The Kier molecular flexibility index (Phi) is 3.68. The van der Waals surface area contributed by atoms with Gasteiger partial charge in [-0.3, -0.25) is 4.90 Å². The molecule has 0 spiro atoms. The van der Waals surface area contributed by atoms with E-state index in [2.05, 4.69) is 39.4 Å². The summed E-state index contributed by atoms with van der Waals surface area (Å²) < 4.78 is 7.91. The summed E-state index contributed by atoms with van der Waals surface area (Å²) in [5.74, 6) is 0.925. The molecule has 2 aliphatic rings. The maximum absolute atomic E-state index is 5.95. The molecule has 1 aliphatic carbocycles. The van der Waals surface area contributed by atoms with Gasteiger partial charge in [-0.2, -0.15) is 0 Å². The first kappa shape index (κ1) is 13.9. The zero-order valence-electron chi connectivity index (χ0n) is 13.0. The number of ether oxygens (including phenoxy) is 1. The molecule has 1 saturated heterocycles. The average Bonchev–Trinajstić information content (AvgIpc) is 3.00. The summed E-state index contributed by atoms with van der Waals surface area (Å²) in [7, 11) is 1.98. The number of nitrogens with zero attached hydrogens (tertiary/aromatic N) is 4. The van der Waals surface area contributed by atoms with E-state index in [1.54, 1.807) is 6.33 Å². The Morgan fingerprint density at radius 3 is 3.05 bits per heavy atom. The highest BCUT2D eigenvalue weighted by atomic mass is 16.5. The van der Waals surface area contributed by atoms with Crippen molar-refractivity contribution < 1.29 is 4.74 Å². The van der Waals surface area contributed by atoms with E-state index in [9.17, 15) is 0 Å². The normalized spacial score (nSPS) is 25.9. The molecule has 1 aromatic carbocycles. The molecule has 1 aliphatic heterocycles. The molecule has 2 heterocycles. The lowest BCUT2D eigenvalue weighted by atomic mass is 9.86. The molecule has 2 atom stereocenters. The van der Waals surface area contributed by atoms with Crippen LogP contribution >= 0.6 is 0 Å². The van der Waals surface area contributed by atoms with Gasteiger partial charge in [0.05, 0.1) is 6.61 Å². The van der Waals surface area contributed by atoms with Crippen molar-refractivity contribution in [3.05, 3.63) is 47.5 Å². The fourth-order valence-corrected chi connectivity index (χ4v) is 3.80. The summed E-state index contributed by atoms with van der Waals surface area (Å²) in [6, 6.07) is 9.42. The number of fused-ring (bicyclic) bond motifs is 1. The lowest BCUT2D eigenvalue weighted by molar-refractivity contribution is -0.0530. The molecule has 116 valence electrons. The van der Waals surface area contributed by atoms with Crippen molar-refractivity contribution in [3.8, 4) is 0 Å². The van der Waals surface area contributed by atoms with Crippen molar-refractivity contribution in [3.63, 3.8) is 0 Å². The van der Waals surface area contributed by atoms with E-state index in [0.29, 0.717) is 6.04 Å². The van der Waals surface area contributed by atoms with Crippen LogP contribution in [-0.4, -0.2) is 39.4 Å². The van der Waals surface area contributed by atoms with Gasteiger partial charge in [-0.15, -0.1) is 10.2 Å². The van der Waals surface area contributed by atoms with Crippen molar-refractivity contribution in [2.75, 3.05) is 19.7 Å². The lowest BCUT2D eigenvalue weighted by Crippen LogP contribution is -2.42. The highest BCUT2D eigenvalue weighted by molar-refractivity contribution is 5.32. The second-order valence-corrected chi connectivity index (χ2v) is 6.26. The van der Waals surface area contributed by atoms with Gasteiger partial charge in [-0.25, -0.2) is 0 Å². The van der Waals surface area contributed by atoms with Crippen LogP contribution in [0.1, 0.15) is 41.9 Å². The summed E-state index contributed by atoms with van der Waals surface area (Å²) >= 11 is 0. The number of morpholine rings is 1. The molecule has 1 fully saturated rings. The third-order valence-corrected chi connectivity index (χ3v) is 4.91. The highest BCUT2D eigenvalue weighted by Gasteiger charge is 2.32. The van der Waals surface area contributed by atoms with Gasteiger partial charge in [0.15, 0.2) is 5.82 Å². The maximum atomic E-state index is 5.95. The minimum absolute atomic E-state index is 0.0235. The van der Waals surface area contributed by atoms with E-state index in [1.165, 1.54) is 30.4 Å². The first-order valence-electron chi connectivity index (χ1n) is 8.10. The monoisotopic (exact) mass is 298 g/mol. The zero-order chi connectivity index (χ0) is 14.9. The van der Waals surface area contributed by atoms with Crippen molar-refractivity contribution >= 4 is 0 Å². The van der Waals surface area contributed by atoms with Crippen molar-refractivity contribution in [2.24, 2.45) is 7.05 Å². The number of hydrogen-bond acceptors (Lipinski definition) is 4. The minimum atomic E-state index is 0.0235. The fraction of sp³-hybridized carbons (Fsp3) is 0.529. The predicted octanol–water partition coefficient (Wildman–Crippen LogP) is 2.27. The van der Waals surface area contributed by atoms with E-state index in [-0.39, 0.29) is 6.10 Å². The van der Waals surface area contributed by atoms with Gasteiger partial charge < -0.3 is 9.30 Å². The van der Waals surface area contributed by atoms with Gasteiger partial charge in [0.1, 0.15) is 12.4 Å². The Morgan fingerprint density at radius 1 is 1.27 bits per heavy atom. The van der Waals surface area contributed by atoms with Crippen LogP contribution in [-0.2, 0) is 18.2 Å². The molecule has 0 bridgehead atoms. The first-order chi connectivity index (χ1) is 10.8. The zero-order valence-corrected chi connectivity index (χ0v) is 13.0. The van der Waals surface area contributed by atoms with Crippen LogP contribution < -0.4 is 0 Å². The van der Waals surface area contributed by atoms with Crippen LogP contribution in [0, 0.1) is 0 Å². The van der Waals surface area contributed by atoms with E-state index in [1.807, 2.05) is 11.6 Å². The van der Waals surface area contributed by atoms with Gasteiger partial charge >= 0.3 is 0 Å². The van der Waals surface area contributed by atoms with Crippen LogP contribution in [0.2, 0.25) is 0 Å². The second-order valence-electron chi connectivity index (χ2n) is 6.26. The molecule has 1 aromatic heterocycles. The summed E-state index contributed by atoms with van der Waals surface area (Å²) in [5.41, 5.74) is 3.02. The van der Waals surface area contributed by atoms with Crippen molar-refractivity contribution in [1.29, 1.82) is 0 Å². The Labute approximate surface area is 130 Å². The Morgan fingerprint density at radius 2 is 2.18 bits per heavy atom. The Bertz CT molecular complexity index is 654. The molecule has 2 aromatic rings. The van der Waals surface area contributed by atoms with Gasteiger partial charge in [-0.1, -0.05) is 24.3 Å².